The van der Waals surface area contributed by atoms with Gasteiger partial charge in [0.2, 0.25) is 10.0 Å². The summed E-state index contributed by atoms with van der Waals surface area (Å²) in [6.45, 7) is 1.69. The molecule has 2 aromatic rings. The quantitative estimate of drug-likeness (QED) is 0.840. The van der Waals surface area contributed by atoms with E-state index in [2.05, 4.69) is 4.72 Å². The first-order chi connectivity index (χ1) is 11.1. The minimum atomic E-state index is -3.85. The van der Waals surface area contributed by atoms with E-state index in [-0.39, 0.29) is 16.3 Å². The zero-order valence-electron chi connectivity index (χ0n) is 13.6. The summed E-state index contributed by atoms with van der Waals surface area (Å²) >= 11 is 0. The fourth-order valence-corrected chi connectivity index (χ4v) is 4.15. The summed E-state index contributed by atoms with van der Waals surface area (Å²) in [5, 5.41) is 0. The third kappa shape index (κ3) is 4.34. The number of rotatable bonds is 6. The summed E-state index contributed by atoms with van der Waals surface area (Å²) < 4.78 is 55.9. The van der Waals surface area contributed by atoms with Crippen LogP contribution in [-0.2, 0) is 26.4 Å². The Bertz CT molecular complexity index is 950. The number of nitrogens with one attached hydrogen (secondary N) is 1. The molecule has 0 atom stereocenters. The smallest absolute Gasteiger partial charge is 0.241 e. The summed E-state index contributed by atoms with van der Waals surface area (Å²) in [5.74, 6) is 0.627. The lowest BCUT2D eigenvalue weighted by Crippen LogP contribution is -2.24. The van der Waals surface area contributed by atoms with E-state index in [1.54, 1.807) is 31.2 Å². The van der Waals surface area contributed by atoms with Gasteiger partial charge in [0.25, 0.3) is 0 Å². The van der Waals surface area contributed by atoms with Crippen LogP contribution >= 0.6 is 0 Å². The van der Waals surface area contributed by atoms with Crippen molar-refractivity contribution in [1.29, 1.82) is 0 Å². The lowest BCUT2D eigenvalue weighted by molar-refractivity contribution is 0.414. The summed E-state index contributed by atoms with van der Waals surface area (Å²) in [6, 6.07) is 11.1. The second kappa shape index (κ2) is 6.92. The first kappa shape index (κ1) is 18.4. The number of benzene rings is 2. The molecule has 0 radical (unpaired) electrons. The zero-order chi connectivity index (χ0) is 18.0. The van der Waals surface area contributed by atoms with E-state index >= 15 is 0 Å². The normalized spacial score (nSPS) is 12.1. The van der Waals surface area contributed by atoms with E-state index in [0.717, 1.165) is 11.8 Å². The average molecular weight is 369 g/mol. The van der Waals surface area contributed by atoms with Crippen LogP contribution in [0.25, 0.3) is 0 Å². The van der Waals surface area contributed by atoms with Crippen molar-refractivity contribution in [1.82, 2.24) is 4.72 Å². The van der Waals surface area contributed by atoms with Gasteiger partial charge in [-0.15, -0.1) is 0 Å². The fraction of sp³-hybridized carbons (Fsp3) is 0.250. The molecule has 2 aromatic carbocycles. The standard InChI is InChI=1S/C16H19NO5S2/c1-12-7-8-15(23(3,18)19)10-16(12)24(20,21)17-11-13-5-4-6-14(9-13)22-2/h4-10,17H,11H2,1-3H3. The lowest BCUT2D eigenvalue weighted by Gasteiger charge is -2.11. The van der Waals surface area contributed by atoms with Gasteiger partial charge in [0, 0.05) is 12.8 Å². The summed E-state index contributed by atoms with van der Waals surface area (Å²) in [4.78, 5) is -0.0804. The molecule has 0 spiro atoms. The predicted molar refractivity (Wildman–Crippen MR) is 91.3 cm³/mol. The van der Waals surface area contributed by atoms with Crippen LogP contribution in [0.1, 0.15) is 11.1 Å². The molecule has 6 nitrogen and oxygen atoms in total. The van der Waals surface area contributed by atoms with Gasteiger partial charge >= 0.3 is 0 Å². The van der Waals surface area contributed by atoms with Crippen molar-refractivity contribution >= 4 is 19.9 Å². The molecule has 0 aliphatic carbocycles. The molecular formula is C16H19NO5S2. The zero-order valence-corrected chi connectivity index (χ0v) is 15.2. The van der Waals surface area contributed by atoms with Gasteiger partial charge in [-0.1, -0.05) is 18.2 Å². The summed E-state index contributed by atoms with van der Waals surface area (Å²) in [6.07, 6.45) is 1.04. The van der Waals surface area contributed by atoms with Gasteiger partial charge in [-0.2, -0.15) is 0 Å². The predicted octanol–water partition coefficient (Wildman–Crippen LogP) is 1.89. The van der Waals surface area contributed by atoms with Gasteiger partial charge < -0.3 is 4.74 Å². The van der Waals surface area contributed by atoms with Crippen LogP contribution in [0.5, 0.6) is 5.75 Å². The van der Waals surface area contributed by atoms with Crippen molar-refractivity contribution in [2.45, 2.75) is 23.3 Å². The lowest BCUT2D eigenvalue weighted by atomic mass is 10.2. The fourth-order valence-electron chi connectivity index (χ4n) is 2.14. The Balaban J connectivity index is 2.30. The number of sulfonamides is 1. The highest BCUT2D eigenvalue weighted by molar-refractivity contribution is 7.91. The molecule has 0 unspecified atom stereocenters. The van der Waals surface area contributed by atoms with Crippen molar-refractivity contribution in [3.8, 4) is 5.75 Å². The molecular weight excluding hydrogens is 350 g/mol. The van der Waals surface area contributed by atoms with E-state index in [4.69, 9.17) is 4.74 Å². The molecule has 1 N–H and O–H groups in total. The van der Waals surface area contributed by atoms with Crippen molar-refractivity contribution in [3.05, 3.63) is 53.6 Å². The third-order valence-corrected chi connectivity index (χ3v) is 6.13. The van der Waals surface area contributed by atoms with Crippen LogP contribution in [0.3, 0.4) is 0 Å². The molecule has 0 heterocycles. The maximum absolute atomic E-state index is 12.5. The second-order valence-electron chi connectivity index (χ2n) is 5.38. The summed E-state index contributed by atoms with van der Waals surface area (Å²) in [5.41, 5.74) is 1.20. The molecule has 0 bridgehead atoms. The molecule has 24 heavy (non-hydrogen) atoms. The van der Waals surface area contributed by atoms with Gasteiger partial charge in [0.05, 0.1) is 16.9 Å². The topological polar surface area (TPSA) is 89.5 Å². The molecule has 0 amide bonds. The van der Waals surface area contributed by atoms with Crippen molar-refractivity contribution in [3.63, 3.8) is 0 Å². The highest BCUT2D eigenvalue weighted by atomic mass is 32.2. The van der Waals surface area contributed by atoms with Gasteiger partial charge in [0.1, 0.15) is 5.75 Å². The third-order valence-electron chi connectivity index (χ3n) is 3.48. The Morgan fingerprint density at radius 1 is 1.04 bits per heavy atom. The molecule has 0 aliphatic heterocycles. The van der Waals surface area contributed by atoms with Crippen LogP contribution in [0.15, 0.2) is 52.3 Å². The maximum Gasteiger partial charge on any atom is 0.241 e. The first-order valence-electron chi connectivity index (χ1n) is 7.07. The van der Waals surface area contributed by atoms with E-state index in [9.17, 15) is 16.8 Å². The largest absolute Gasteiger partial charge is 0.497 e. The van der Waals surface area contributed by atoms with Gasteiger partial charge in [-0.05, 0) is 42.3 Å². The highest BCUT2D eigenvalue weighted by Gasteiger charge is 2.19. The second-order valence-corrected chi connectivity index (χ2v) is 9.13. The van der Waals surface area contributed by atoms with Gasteiger partial charge in [0.15, 0.2) is 9.84 Å². The van der Waals surface area contributed by atoms with Crippen LogP contribution < -0.4 is 9.46 Å². The number of ether oxygens (including phenoxy) is 1. The average Bonchev–Trinajstić information content (AvgIpc) is 2.52. The van der Waals surface area contributed by atoms with Crippen LogP contribution in [0.2, 0.25) is 0 Å². The van der Waals surface area contributed by atoms with Gasteiger partial charge in [-0.25, -0.2) is 21.6 Å². The number of aryl methyl sites for hydroxylation is 1. The number of hydrogen-bond acceptors (Lipinski definition) is 5. The molecule has 0 aromatic heterocycles. The molecule has 0 saturated carbocycles. The Labute approximate surface area is 142 Å². The molecule has 8 heteroatoms. The number of hydrogen-bond donors (Lipinski definition) is 1. The van der Waals surface area contributed by atoms with E-state index in [1.807, 2.05) is 0 Å². The Morgan fingerprint density at radius 3 is 2.38 bits per heavy atom. The number of sulfone groups is 1. The van der Waals surface area contributed by atoms with Crippen LogP contribution in [-0.4, -0.2) is 30.2 Å². The molecule has 0 aliphatic rings. The van der Waals surface area contributed by atoms with Gasteiger partial charge in [-0.3, -0.25) is 0 Å². The van der Waals surface area contributed by atoms with Crippen molar-refractivity contribution in [2.24, 2.45) is 0 Å². The summed E-state index contributed by atoms with van der Waals surface area (Å²) in [7, 11) is -5.80. The Morgan fingerprint density at radius 2 is 1.75 bits per heavy atom. The van der Waals surface area contributed by atoms with E-state index < -0.39 is 19.9 Å². The molecule has 2 rings (SSSR count). The Hall–Kier alpha value is -1.90. The van der Waals surface area contributed by atoms with Crippen molar-refractivity contribution < 1.29 is 21.6 Å². The molecule has 0 saturated heterocycles. The first-order valence-corrected chi connectivity index (χ1v) is 10.4. The number of methoxy groups -OCH3 is 1. The van der Waals surface area contributed by atoms with E-state index in [0.29, 0.717) is 11.3 Å². The minimum Gasteiger partial charge on any atom is -0.497 e. The highest BCUT2D eigenvalue weighted by Crippen LogP contribution is 2.21. The van der Waals surface area contributed by atoms with Crippen LogP contribution in [0.4, 0.5) is 0 Å². The monoisotopic (exact) mass is 369 g/mol. The molecule has 0 fully saturated rings. The molecule has 130 valence electrons. The van der Waals surface area contributed by atoms with E-state index in [1.165, 1.54) is 25.3 Å². The Kier molecular flexibility index (Phi) is 5.32. The SMILES string of the molecule is COc1cccc(CNS(=O)(=O)c2cc(S(C)(=O)=O)ccc2C)c1. The van der Waals surface area contributed by atoms with Crippen molar-refractivity contribution in [2.75, 3.05) is 13.4 Å². The minimum absolute atomic E-state index is 0.0325. The maximum atomic E-state index is 12.5. The van der Waals surface area contributed by atoms with Crippen LogP contribution in [0, 0.1) is 6.92 Å².